The molecule has 16 heavy (non-hydrogen) atoms. The molecule has 1 saturated heterocycles. The van der Waals surface area contributed by atoms with E-state index in [2.05, 4.69) is 5.32 Å². The predicted octanol–water partition coefficient (Wildman–Crippen LogP) is 1.85. The Bertz CT molecular complexity index is 250. The summed E-state index contributed by atoms with van der Waals surface area (Å²) in [4.78, 5) is 10.7. The van der Waals surface area contributed by atoms with E-state index in [0.717, 1.165) is 6.54 Å². The van der Waals surface area contributed by atoms with Crippen LogP contribution < -0.4 is 5.32 Å². The van der Waals surface area contributed by atoms with Gasteiger partial charge in [0, 0.05) is 41.2 Å². The van der Waals surface area contributed by atoms with Crippen molar-refractivity contribution in [1.82, 2.24) is 5.32 Å². The van der Waals surface area contributed by atoms with Gasteiger partial charge in [0.2, 0.25) is 0 Å². The fourth-order valence-corrected chi connectivity index (χ4v) is 4.12. The maximum absolute atomic E-state index is 10.7. The smallest absolute Gasteiger partial charge is 0.331 e. The van der Waals surface area contributed by atoms with Crippen molar-refractivity contribution >= 4 is 29.5 Å². The van der Waals surface area contributed by atoms with Crippen LogP contribution in [0.25, 0.3) is 0 Å². The van der Waals surface area contributed by atoms with Crippen LogP contribution in [0.15, 0.2) is 11.6 Å². The summed E-state index contributed by atoms with van der Waals surface area (Å²) in [5, 5.41) is 12.8. The van der Waals surface area contributed by atoms with Gasteiger partial charge in [-0.15, -0.1) is 0 Å². The van der Waals surface area contributed by atoms with Crippen molar-refractivity contribution in [3.8, 4) is 0 Å². The van der Waals surface area contributed by atoms with Crippen molar-refractivity contribution < 1.29 is 9.90 Å². The summed E-state index contributed by atoms with van der Waals surface area (Å²) in [5.41, 5.74) is 0.498. The van der Waals surface area contributed by atoms with E-state index in [9.17, 15) is 4.79 Å². The van der Waals surface area contributed by atoms with Crippen LogP contribution >= 0.6 is 23.5 Å². The number of carboxylic acid groups (broad SMARTS) is 1. The van der Waals surface area contributed by atoms with E-state index in [0.29, 0.717) is 23.8 Å². The Balaban J connectivity index is 2.16. The Morgan fingerprint density at radius 1 is 1.56 bits per heavy atom. The van der Waals surface area contributed by atoms with Crippen molar-refractivity contribution in [2.45, 2.75) is 18.6 Å². The standard InChI is InChI=1S/C11H19NO2S2/c1-2-9(11(13)14)3-4-12-7-10-8-15-5-6-16-10/h3,10,12H,2,4-8H2,1H3,(H,13,14). The van der Waals surface area contributed by atoms with Crippen molar-refractivity contribution in [3.05, 3.63) is 11.6 Å². The van der Waals surface area contributed by atoms with E-state index in [1.54, 1.807) is 6.08 Å². The van der Waals surface area contributed by atoms with E-state index < -0.39 is 5.97 Å². The number of hydrogen-bond acceptors (Lipinski definition) is 4. The highest BCUT2D eigenvalue weighted by atomic mass is 32.2. The van der Waals surface area contributed by atoms with Gasteiger partial charge in [-0.25, -0.2) is 4.79 Å². The van der Waals surface area contributed by atoms with E-state index in [1.807, 2.05) is 30.4 Å². The predicted molar refractivity (Wildman–Crippen MR) is 72.5 cm³/mol. The molecule has 0 spiro atoms. The fraction of sp³-hybridized carbons (Fsp3) is 0.727. The minimum absolute atomic E-state index is 0.498. The lowest BCUT2D eigenvalue weighted by Gasteiger charge is -2.20. The third-order valence-electron chi connectivity index (χ3n) is 2.41. The van der Waals surface area contributed by atoms with Gasteiger partial charge in [-0.2, -0.15) is 23.5 Å². The third kappa shape index (κ3) is 5.27. The van der Waals surface area contributed by atoms with Gasteiger partial charge < -0.3 is 10.4 Å². The Morgan fingerprint density at radius 3 is 2.94 bits per heavy atom. The van der Waals surface area contributed by atoms with Crippen molar-refractivity contribution in [3.63, 3.8) is 0 Å². The Kier molecular flexibility index (Phi) is 7.00. The number of carboxylic acids is 1. The molecule has 1 atom stereocenters. The van der Waals surface area contributed by atoms with Gasteiger partial charge in [0.15, 0.2) is 0 Å². The first-order valence-electron chi connectivity index (χ1n) is 5.56. The van der Waals surface area contributed by atoms with Crippen LogP contribution in [0.5, 0.6) is 0 Å². The zero-order chi connectivity index (χ0) is 11.8. The lowest BCUT2D eigenvalue weighted by Crippen LogP contribution is -2.29. The largest absolute Gasteiger partial charge is 0.478 e. The van der Waals surface area contributed by atoms with Gasteiger partial charge in [-0.05, 0) is 6.42 Å². The first-order valence-corrected chi connectivity index (χ1v) is 7.76. The third-order valence-corrected chi connectivity index (χ3v) is 5.25. The van der Waals surface area contributed by atoms with Gasteiger partial charge in [0.05, 0.1) is 0 Å². The van der Waals surface area contributed by atoms with Crippen LogP contribution in [0.4, 0.5) is 0 Å². The SMILES string of the molecule is CCC(=CCNCC1CSCCS1)C(=O)O. The molecule has 5 heteroatoms. The fourth-order valence-electron chi connectivity index (χ4n) is 1.48. The molecule has 0 bridgehead atoms. The lowest BCUT2D eigenvalue weighted by molar-refractivity contribution is -0.132. The second kappa shape index (κ2) is 8.03. The van der Waals surface area contributed by atoms with Gasteiger partial charge in [-0.1, -0.05) is 13.0 Å². The van der Waals surface area contributed by atoms with Gasteiger partial charge in [0.1, 0.15) is 0 Å². The maximum Gasteiger partial charge on any atom is 0.331 e. The quantitative estimate of drug-likeness (QED) is 0.564. The highest BCUT2D eigenvalue weighted by Gasteiger charge is 2.13. The summed E-state index contributed by atoms with van der Waals surface area (Å²) in [6.07, 6.45) is 2.37. The monoisotopic (exact) mass is 261 g/mol. The van der Waals surface area contributed by atoms with Gasteiger partial charge >= 0.3 is 5.97 Å². The number of carbonyl (C=O) groups is 1. The molecule has 0 aromatic rings. The van der Waals surface area contributed by atoms with Crippen LogP contribution in [-0.2, 0) is 4.79 Å². The van der Waals surface area contributed by atoms with Crippen molar-refractivity contribution in [2.24, 2.45) is 0 Å². The molecule has 1 fully saturated rings. The van der Waals surface area contributed by atoms with Crippen molar-refractivity contribution in [1.29, 1.82) is 0 Å². The van der Waals surface area contributed by atoms with Crippen LogP contribution in [0.2, 0.25) is 0 Å². The molecule has 0 amide bonds. The van der Waals surface area contributed by atoms with Crippen LogP contribution in [0.3, 0.4) is 0 Å². The molecule has 1 aliphatic rings. The zero-order valence-corrected chi connectivity index (χ0v) is 11.2. The van der Waals surface area contributed by atoms with Gasteiger partial charge in [-0.3, -0.25) is 0 Å². The van der Waals surface area contributed by atoms with Crippen molar-refractivity contribution in [2.75, 3.05) is 30.3 Å². The van der Waals surface area contributed by atoms with E-state index in [-0.39, 0.29) is 0 Å². The molecule has 3 nitrogen and oxygen atoms in total. The minimum Gasteiger partial charge on any atom is -0.478 e. The molecule has 0 aromatic heterocycles. The molecule has 2 N–H and O–H groups in total. The molecule has 1 heterocycles. The maximum atomic E-state index is 10.7. The highest BCUT2D eigenvalue weighted by molar-refractivity contribution is 8.06. The topological polar surface area (TPSA) is 49.3 Å². The Labute approximate surface area is 105 Å². The summed E-state index contributed by atoms with van der Waals surface area (Å²) in [6, 6.07) is 0. The van der Waals surface area contributed by atoms with E-state index in [1.165, 1.54) is 17.3 Å². The summed E-state index contributed by atoms with van der Waals surface area (Å²) in [7, 11) is 0. The summed E-state index contributed by atoms with van der Waals surface area (Å²) in [6.45, 7) is 3.51. The summed E-state index contributed by atoms with van der Waals surface area (Å²) in [5.74, 6) is 2.91. The summed E-state index contributed by atoms with van der Waals surface area (Å²) >= 11 is 4.02. The second-order valence-corrected chi connectivity index (χ2v) is 6.17. The molecule has 1 rings (SSSR count). The molecular formula is C11H19NO2S2. The average Bonchev–Trinajstić information content (AvgIpc) is 2.30. The molecule has 0 aromatic carbocycles. The van der Waals surface area contributed by atoms with Gasteiger partial charge in [0.25, 0.3) is 0 Å². The molecule has 1 aliphatic heterocycles. The molecule has 1 unspecified atom stereocenters. The molecule has 92 valence electrons. The zero-order valence-electron chi connectivity index (χ0n) is 9.57. The lowest BCUT2D eigenvalue weighted by atomic mass is 10.2. The second-order valence-electron chi connectivity index (χ2n) is 3.61. The normalized spacial score (nSPS) is 22.1. The number of aliphatic carboxylic acids is 1. The Morgan fingerprint density at radius 2 is 2.38 bits per heavy atom. The number of thioether (sulfide) groups is 2. The number of rotatable bonds is 6. The minimum atomic E-state index is -0.799. The molecule has 0 radical (unpaired) electrons. The van der Waals surface area contributed by atoms with Crippen LogP contribution in [-0.4, -0.2) is 46.7 Å². The van der Waals surface area contributed by atoms with Crippen LogP contribution in [0, 0.1) is 0 Å². The first kappa shape index (κ1) is 13.9. The average molecular weight is 261 g/mol. The molecule has 0 saturated carbocycles. The van der Waals surface area contributed by atoms with E-state index >= 15 is 0 Å². The van der Waals surface area contributed by atoms with E-state index in [4.69, 9.17) is 5.11 Å². The molecule has 0 aliphatic carbocycles. The first-order chi connectivity index (χ1) is 7.74. The highest BCUT2D eigenvalue weighted by Crippen LogP contribution is 2.23. The summed E-state index contributed by atoms with van der Waals surface area (Å²) < 4.78 is 0. The number of hydrogen-bond donors (Lipinski definition) is 2. The van der Waals surface area contributed by atoms with Crippen LogP contribution in [0.1, 0.15) is 13.3 Å². The Hall–Kier alpha value is -0.130. The molecular weight excluding hydrogens is 242 g/mol. The number of nitrogens with one attached hydrogen (secondary N) is 1.